The van der Waals surface area contributed by atoms with Crippen molar-refractivity contribution in [3.63, 3.8) is 0 Å². The van der Waals surface area contributed by atoms with Crippen LogP contribution in [0.25, 0.3) is 0 Å². The van der Waals surface area contributed by atoms with Crippen LogP contribution >= 0.6 is 0 Å². The molecule has 9 N–H and O–H groups in total. The summed E-state index contributed by atoms with van der Waals surface area (Å²) in [5, 5.41) is 45.4. The Labute approximate surface area is 226 Å². The molecule has 0 aliphatic heterocycles. The van der Waals surface area contributed by atoms with Crippen LogP contribution < -0.4 is 21.7 Å². The molecule has 4 atom stereocenters. The molecule has 0 bridgehead atoms. The summed E-state index contributed by atoms with van der Waals surface area (Å²) in [5.74, 6) is -3.58. The van der Waals surface area contributed by atoms with E-state index < -0.39 is 54.5 Å². The van der Waals surface area contributed by atoms with E-state index in [1.165, 1.54) is 24.3 Å². The summed E-state index contributed by atoms with van der Waals surface area (Å²) >= 11 is 0. The molecule has 2 aromatic carbocycles. The van der Waals surface area contributed by atoms with Gasteiger partial charge in [-0.2, -0.15) is 0 Å². The third-order valence-corrected chi connectivity index (χ3v) is 5.88. The average Bonchev–Trinajstić information content (AvgIpc) is 2.88. The Kier molecular flexibility index (Phi) is 11.7. The molecule has 0 aliphatic rings. The van der Waals surface area contributed by atoms with Crippen molar-refractivity contribution in [2.24, 2.45) is 11.7 Å². The number of nitrogens with two attached hydrogens (primary N) is 1. The molecule has 0 saturated carbocycles. The number of carbonyl (C=O) groups excluding carboxylic acids is 3. The normalized spacial score (nSPS) is 14.1. The number of phenols is 2. The Morgan fingerprint density at radius 2 is 1.15 bits per heavy atom. The number of carbonyl (C=O) groups is 4. The number of nitrogens with one attached hydrogen (secondary N) is 3. The largest absolute Gasteiger partial charge is 0.508 e. The van der Waals surface area contributed by atoms with E-state index in [4.69, 9.17) is 5.73 Å². The highest BCUT2D eigenvalue weighted by Crippen LogP contribution is 2.13. The second-order valence-electron chi connectivity index (χ2n) is 9.68. The molecular formula is C27H36N4O8. The van der Waals surface area contributed by atoms with Crippen molar-refractivity contribution in [2.75, 3.05) is 6.61 Å². The van der Waals surface area contributed by atoms with Gasteiger partial charge >= 0.3 is 5.97 Å². The van der Waals surface area contributed by atoms with E-state index in [1.807, 2.05) is 0 Å². The first-order valence-corrected chi connectivity index (χ1v) is 12.5. The van der Waals surface area contributed by atoms with Crippen LogP contribution in [0.2, 0.25) is 0 Å². The Balaban J connectivity index is 2.16. The van der Waals surface area contributed by atoms with Gasteiger partial charge in [0, 0.05) is 6.42 Å². The van der Waals surface area contributed by atoms with Gasteiger partial charge in [0.05, 0.1) is 12.6 Å². The maximum atomic E-state index is 13.2. The van der Waals surface area contributed by atoms with Gasteiger partial charge in [0.1, 0.15) is 29.6 Å². The highest BCUT2D eigenvalue weighted by molar-refractivity contribution is 5.94. The molecule has 0 radical (unpaired) electrons. The molecule has 4 unspecified atom stereocenters. The fourth-order valence-corrected chi connectivity index (χ4v) is 3.77. The predicted octanol–water partition coefficient (Wildman–Crippen LogP) is -0.212. The van der Waals surface area contributed by atoms with E-state index in [9.17, 15) is 39.6 Å². The van der Waals surface area contributed by atoms with Crippen molar-refractivity contribution in [3.8, 4) is 11.5 Å². The second-order valence-corrected chi connectivity index (χ2v) is 9.68. The molecule has 2 rings (SSSR count). The van der Waals surface area contributed by atoms with Crippen molar-refractivity contribution in [3.05, 3.63) is 59.7 Å². The highest BCUT2D eigenvalue weighted by atomic mass is 16.4. The topological polar surface area (TPSA) is 211 Å². The van der Waals surface area contributed by atoms with Crippen molar-refractivity contribution < 1.29 is 39.6 Å². The van der Waals surface area contributed by atoms with Crippen molar-refractivity contribution >= 4 is 23.7 Å². The number of aliphatic hydroxyl groups excluding tert-OH is 1. The van der Waals surface area contributed by atoms with E-state index in [0.29, 0.717) is 11.1 Å². The van der Waals surface area contributed by atoms with Crippen LogP contribution in [0.3, 0.4) is 0 Å². The zero-order valence-corrected chi connectivity index (χ0v) is 21.8. The maximum absolute atomic E-state index is 13.2. The zero-order valence-electron chi connectivity index (χ0n) is 21.8. The number of hydrogen-bond donors (Lipinski definition) is 8. The fraction of sp³-hybridized carbons (Fsp3) is 0.407. The maximum Gasteiger partial charge on any atom is 0.326 e. The number of rotatable bonds is 14. The lowest BCUT2D eigenvalue weighted by molar-refractivity contribution is -0.143. The van der Waals surface area contributed by atoms with E-state index in [1.54, 1.807) is 38.1 Å². The minimum absolute atomic E-state index is 0.00565. The molecule has 2 aromatic rings. The van der Waals surface area contributed by atoms with E-state index in [0.717, 1.165) is 0 Å². The van der Waals surface area contributed by atoms with Gasteiger partial charge < -0.3 is 42.1 Å². The molecular weight excluding hydrogens is 508 g/mol. The van der Waals surface area contributed by atoms with Gasteiger partial charge in [0.25, 0.3) is 0 Å². The lowest BCUT2D eigenvalue weighted by Gasteiger charge is -2.25. The van der Waals surface area contributed by atoms with Gasteiger partial charge in [-0.05, 0) is 54.2 Å². The van der Waals surface area contributed by atoms with Gasteiger partial charge in [-0.1, -0.05) is 38.1 Å². The summed E-state index contributed by atoms with van der Waals surface area (Å²) in [7, 11) is 0. The molecule has 0 spiro atoms. The third-order valence-electron chi connectivity index (χ3n) is 5.88. The number of amides is 3. The summed E-state index contributed by atoms with van der Waals surface area (Å²) in [4.78, 5) is 50.3. The van der Waals surface area contributed by atoms with Crippen LogP contribution in [0.15, 0.2) is 48.5 Å². The van der Waals surface area contributed by atoms with Gasteiger partial charge in [0.2, 0.25) is 17.7 Å². The first kappa shape index (κ1) is 31.1. The van der Waals surface area contributed by atoms with Gasteiger partial charge in [0.15, 0.2) is 0 Å². The number of aliphatic hydroxyl groups is 1. The minimum atomic E-state index is -1.48. The Morgan fingerprint density at radius 1 is 0.718 bits per heavy atom. The number of aliphatic carboxylic acids is 1. The first-order chi connectivity index (χ1) is 18.4. The molecule has 0 heterocycles. The lowest BCUT2D eigenvalue weighted by Crippen LogP contribution is -2.58. The van der Waals surface area contributed by atoms with E-state index in [2.05, 4.69) is 16.0 Å². The van der Waals surface area contributed by atoms with E-state index in [-0.39, 0.29) is 36.7 Å². The fourth-order valence-electron chi connectivity index (χ4n) is 3.77. The Morgan fingerprint density at radius 3 is 1.62 bits per heavy atom. The SMILES string of the molecule is CC(C)CC(NC(=O)C(CO)NC(=O)C(Cc1ccc(O)cc1)NC(=O)C(N)Cc1ccc(O)cc1)C(=O)O. The molecule has 3 amide bonds. The number of benzene rings is 2. The monoisotopic (exact) mass is 544 g/mol. The number of hydrogen-bond acceptors (Lipinski definition) is 8. The van der Waals surface area contributed by atoms with Crippen LogP contribution in [0.4, 0.5) is 0 Å². The lowest BCUT2D eigenvalue weighted by atomic mass is 10.0. The molecule has 212 valence electrons. The summed E-state index contributed by atoms with van der Waals surface area (Å²) in [5.41, 5.74) is 7.31. The van der Waals surface area contributed by atoms with Crippen LogP contribution in [0.1, 0.15) is 31.4 Å². The molecule has 12 heteroatoms. The Hall–Kier alpha value is -4.16. The second kappa shape index (κ2) is 14.7. The minimum Gasteiger partial charge on any atom is -0.508 e. The van der Waals surface area contributed by atoms with Crippen LogP contribution in [0.5, 0.6) is 11.5 Å². The summed E-state index contributed by atoms with van der Waals surface area (Å²) in [6, 6.07) is 7.10. The molecule has 39 heavy (non-hydrogen) atoms. The summed E-state index contributed by atoms with van der Waals surface area (Å²) in [6.45, 7) is 2.76. The summed E-state index contributed by atoms with van der Waals surface area (Å²) in [6.07, 6.45) is 0.230. The van der Waals surface area contributed by atoms with Gasteiger partial charge in [-0.25, -0.2) is 4.79 Å². The predicted molar refractivity (Wildman–Crippen MR) is 142 cm³/mol. The van der Waals surface area contributed by atoms with Crippen LogP contribution in [0, 0.1) is 5.92 Å². The molecule has 0 aliphatic carbocycles. The van der Waals surface area contributed by atoms with Gasteiger partial charge in [-0.15, -0.1) is 0 Å². The number of phenolic OH excluding ortho intramolecular Hbond substituents is 2. The zero-order chi connectivity index (χ0) is 29.1. The standard InChI is InChI=1S/C27H36N4O8/c1-15(2)11-22(27(38)39)30-26(37)23(14-32)31-25(36)21(13-17-5-9-19(34)10-6-17)29-24(35)20(28)12-16-3-7-18(33)8-4-16/h3-10,15,20-23,32-34H,11-14,28H2,1-2H3,(H,29,35)(H,30,37)(H,31,36)(H,38,39). The molecule has 0 fully saturated rings. The molecule has 0 aromatic heterocycles. The van der Waals surface area contributed by atoms with Crippen molar-refractivity contribution in [1.82, 2.24) is 16.0 Å². The number of carboxylic acids is 1. The van der Waals surface area contributed by atoms with Crippen molar-refractivity contribution in [1.29, 1.82) is 0 Å². The molecule has 12 nitrogen and oxygen atoms in total. The average molecular weight is 545 g/mol. The third kappa shape index (κ3) is 10.3. The van der Waals surface area contributed by atoms with Crippen LogP contribution in [-0.4, -0.2) is 74.9 Å². The first-order valence-electron chi connectivity index (χ1n) is 12.5. The van der Waals surface area contributed by atoms with E-state index >= 15 is 0 Å². The van der Waals surface area contributed by atoms with Gasteiger partial charge in [-0.3, -0.25) is 14.4 Å². The van der Waals surface area contributed by atoms with Crippen LogP contribution in [-0.2, 0) is 32.0 Å². The quantitative estimate of drug-likeness (QED) is 0.158. The summed E-state index contributed by atoms with van der Waals surface area (Å²) < 4.78 is 0. The smallest absolute Gasteiger partial charge is 0.326 e. The Bertz CT molecular complexity index is 1120. The van der Waals surface area contributed by atoms with Crippen molar-refractivity contribution in [2.45, 2.75) is 57.3 Å². The molecule has 0 saturated heterocycles. The number of aromatic hydroxyl groups is 2. The highest BCUT2D eigenvalue weighted by Gasteiger charge is 2.30. The number of carboxylic acid groups (broad SMARTS) is 1.